The Kier molecular flexibility index (Phi) is 5.15. The number of rotatable bonds is 7. The maximum atomic E-state index is 11.9. The summed E-state index contributed by atoms with van der Waals surface area (Å²) in [6.45, 7) is 1.53. The summed E-state index contributed by atoms with van der Waals surface area (Å²) in [5.74, 6) is -1.09. The quantitative estimate of drug-likeness (QED) is 0.707. The van der Waals surface area contributed by atoms with Gasteiger partial charge in [-0.2, -0.15) is 0 Å². The largest absolute Gasteiger partial charge is 0.452 e. The molecule has 1 aromatic carbocycles. The number of benzene rings is 1. The molecule has 1 saturated carbocycles. The number of carbonyl (C=O) groups is 2. The number of ether oxygens (including phenoxy) is 1. The third kappa shape index (κ3) is 4.54. The van der Waals surface area contributed by atoms with Gasteiger partial charge in [-0.3, -0.25) is 4.79 Å². The predicted molar refractivity (Wildman–Crippen MR) is 78.8 cm³/mol. The fraction of sp³-hybridized carbons (Fsp3) is 0.429. The molecule has 22 heavy (non-hydrogen) atoms. The minimum absolute atomic E-state index is 0.0220. The summed E-state index contributed by atoms with van der Waals surface area (Å²) in [4.78, 5) is 23.3. The topological polar surface area (TPSA) is 102 Å². The van der Waals surface area contributed by atoms with E-state index in [1.165, 1.54) is 24.3 Å². The average Bonchev–Trinajstić information content (AvgIpc) is 3.29. The first-order valence-electron chi connectivity index (χ1n) is 6.98. The van der Waals surface area contributed by atoms with E-state index < -0.39 is 16.0 Å². The Morgan fingerprint density at radius 3 is 2.68 bits per heavy atom. The van der Waals surface area contributed by atoms with Crippen LogP contribution in [-0.2, 0) is 19.6 Å². The lowest BCUT2D eigenvalue weighted by Gasteiger charge is -2.08. The fourth-order valence-electron chi connectivity index (χ4n) is 1.78. The van der Waals surface area contributed by atoms with Crippen LogP contribution in [0, 0.1) is 0 Å². The zero-order valence-electron chi connectivity index (χ0n) is 12.2. The van der Waals surface area contributed by atoms with Gasteiger partial charge in [0.1, 0.15) is 0 Å². The van der Waals surface area contributed by atoms with Crippen LogP contribution in [-0.4, -0.2) is 39.5 Å². The summed E-state index contributed by atoms with van der Waals surface area (Å²) in [5, 5.41) is 2.69. The van der Waals surface area contributed by atoms with Crippen molar-refractivity contribution in [3.8, 4) is 0 Å². The molecule has 2 N–H and O–H groups in total. The zero-order valence-corrected chi connectivity index (χ0v) is 13.0. The molecule has 120 valence electrons. The van der Waals surface area contributed by atoms with Crippen molar-refractivity contribution in [3.63, 3.8) is 0 Å². The van der Waals surface area contributed by atoms with Gasteiger partial charge in [-0.25, -0.2) is 17.9 Å². The summed E-state index contributed by atoms with van der Waals surface area (Å²) in [6, 6.07) is 5.69. The molecule has 0 aliphatic heterocycles. The molecule has 1 fully saturated rings. The highest BCUT2D eigenvalue weighted by molar-refractivity contribution is 7.89. The Morgan fingerprint density at radius 1 is 1.32 bits per heavy atom. The monoisotopic (exact) mass is 326 g/mol. The molecule has 8 heteroatoms. The van der Waals surface area contributed by atoms with Crippen LogP contribution in [0.25, 0.3) is 0 Å². The van der Waals surface area contributed by atoms with Crippen LogP contribution in [0.5, 0.6) is 0 Å². The van der Waals surface area contributed by atoms with E-state index in [4.69, 9.17) is 4.74 Å². The molecule has 0 heterocycles. The Bertz CT molecular complexity index is 668. The molecular weight excluding hydrogens is 308 g/mol. The first-order chi connectivity index (χ1) is 10.4. The molecule has 1 aliphatic carbocycles. The van der Waals surface area contributed by atoms with Gasteiger partial charge in [-0.05, 0) is 31.0 Å². The van der Waals surface area contributed by atoms with Crippen molar-refractivity contribution in [1.82, 2.24) is 10.0 Å². The second kappa shape index (κ2) is 6.89. The summed E-state index contributed by atoms with van der Waals surface area (Å²) in [7, 11) is -3.64. The van der Waals surface area contributed by atoms with Crippen molar-refractivity contribution < 1.29 is 22.7 Å². The Labute approximate surface area is 129 Å². The van der Waals surface area contributed by atoms with E-state index >= 15 is 0 Å². The van der Waals surface area contributed by atoms with Gasteiger partial charge in [-0.15, -0.1) is 0 Å². The van der Waals surface area contributed by atoms with E-state index in [0.717, 1.165) is 12.8 Å². The highest BCUT2D eigenvalue weighted by Gasteiger charge is 2.24. The number of esters is 1. The maximum absolute atomic E-state index is 11.9. The molecule has 0 saturated heterocycles. The van der Waals surface area contributed by atoms with Crippen LogP contribution >= 0.6 is 0 Å². The first-order valence-corrected chi connectivity index (χ1v) is 8.47. The molecular formula is C14H18N2O5S. The first kappa shape index (κ1) is 16.4. The van der Waals surface area contributed by atoms with Crippen LogP contribution in [0.15, 0.2) is 29.2 Å². The van der Waals surface area contributed by atoms with Crippen molar-refractivity contribution in [2.75, 3.05) is 13.2 Å². The molecule has 0 aromatic heterocycles. The van der Waals surface area contributed by atoms with Gasteiger partial charge in [0, 0.05) is 12.6 Å². The van der Waals surface area contributed by atoms with Gasteiger partial charge in [-0.1, -0.05) is 13.0 Å². The predicted octanol–water partition coefficient (Wildman–Crippen LogP) is 0.420. The second-order valence-electron chi connectivity index (χ2n) is 4.95. The van der Waals surface area contributed by atoms with Crippen LogP contribution in [0.3, 0.4) is 0 Å². The van der Waals surface area contributed by atoms with Gasteiger partial charge in [0.05, 0.1) is 10.5 Å². The fourth-order valence-corrected chi connectivity index (χ4v) is 2.86. The third-order valence-electron chi connectivity index (χ3n) is 2.99. The lowest BCUT2D eigenvalue weighted by molar-refractivity contribution is -0.124. The molecule has 1 amide bonds. The highest BCUT2D eigenvalue weighted by atomic mass is 32.2. The van der Waals surface area contributed by atoms with Gasteiger partial charge >= 0.3 is 5.97 Å². The third-order valence-corrected chi connectivity index (χ3v) is 4.53. The van der Waals surface area contributed by atoms with Crippen LogP contribution in [0.2, 0.25) is 0 Å². The van der Waals surface area contributed by atoms with E-state index in [-0.39, 0.29) is 35.6 Å². The Morgan fingerprint density at radius 2 is 2.05 bits per heavy atom. The standard InChI is InChI=1S/C14H18N2O5S/c1-2-15-22(19,20)12-5-3-4-10(8-12)14(18)21-9-13(17)16-11-6-7-11/h3-5,8,11,15H,2,6-7,9H2,1H3,(H,16,17). The Balaban J connectivity index is 1.99. The number of hydrogen-bond donors (Lipinski definition) is 2. The SMILES string of the molecule is CCNS(=O)(=O)c1cccc(C(=O)OCC(=O)NC2CC2)c1. The van der Waals surface area contributed by atoms with Crippen molar-refractivity contribution >= 4 is 21.9 Å². The minimum Gasteiger partial charge on any atom is -0.452 e. The van der Waals surface area contributed by atoms with E-state index in [9.17, 15) is 18.0 Å². The molecule has 0 spiro atoms. The van der Waals surface area contributed by atoms with Gasteiger partial charge in [0.25, 0.3) is 5.91 Å². The summed E-state index contributed by atoms with van der Waals surface area (Å²) in [5.41, 5.74) is 0.0817. The second-order valence-corrected chi connectivity index (χ2v) is 6.71. The van der Waals surface area contributed by atoms with Crippen LogP contribution < -0.4 is 10.0 Å². The zero-order chi connectivity index (χ0) is 16.2. The van der Waals surface area contributed by atoms with Crippen molar-refractivity contribution in [2.24, 2.45) is 0 Å². The number of nitrogens with one attached hydrogen (secondary N) is 2. The maximum Gasteiger partial charge on any atom is 0.338 e. The number of carbonyl (C=O) groups excluding carboxylic acids is 2. The molecule has 0 radical (unpaired) electrons. The normalized spacial score (nSPS) is 14.4. The van der Waals surface area contributed by atoms with E-state index in [1.54, 1.807) is 6.92 Å². The summed E-state index contributed by atoms with van der Waals surface area (Å²) in [6.07, 6.45) is 1.90. The molecule has 0 bridgehead atoms. The number of amides is 1. The number of hydrogen-bond acceptors (Lipinski definition) is 5. The van der Waals surface area contributed by atoms with Gasteiger partial charge < -0.3 is 10.1 Å². The van der Waals surface area contributed by atoms with Crippen LogP contribution in [0.4, 0.5) is 0 Å². The van der Waals surface area contributed by atoms with Crippen molar-refractivity contribution in [2.45, 2.75) is 30.7 Å². The summed E-state index contributed by atoms with van der Waals surface area (Å²) < 4.78 is 31.0. The van der Waals surface area contributed by atoms with E-state index in [0.29, 0.717) is 0 Å². The lowest BCUT2D eigenvalue weighted by atomic mass is 10.2. The number of sulfonamides is 1. The van der Waals surface area contributed by atoms with Crippen molar-refractivity contribution in [1.29, 1.82) is 0 Å². The molecule has 1 aromatic rings. The summed E-state index contributed by atoms with van der Waals surface area (Å²) >= 11 is 0. The molecule has 2 rings (SSSR count). The van der Waals surface area contributed by atoms with E-state index in [2.05, 4.69) is 10.0 Å². The minimum atomic E-state index is -3.64. The van der Waals surface area contributed by atoms with Gasteiger partial charge in [0.2, 0.25) is 10.0 Å². The van der Waals surface area contributed by atoms with Gasteiger partial charge in [0.15, 0.2) is 6.61 Å². The van der Waals surface area contributed by atoms with Crippen LogP contribution in [0.1, 0.15) is 30.1 Å². The molecule has 0 atom stereocenters. The van der Waals surface area contributed by atoms with E-state index in [1.807, 2.05) is 0 Å². The Hall–Kier alpha value is -1.93. The average molecular weight is 326 g/mol. The smallest absolute Gasteiger partial charge is 0.338 e. The molecule has 0 unspecified atom stereocenters. The lowest BCUT2D eigenvalue weighted by Crippen LogP contribution is -2.30. The van der Waals surface area contributed by atoms with Crippen molar-refractivity contribution in [3.05, 3.63) is 29.8 Å². The highest BCUT2D eigenvalue weighted by Crippen LogP contribution is 2.18. The molecule has 1 aliphatic rings. The molecule has 7 nitrogen and oxygen atoms in total.